The number of aryl methyl sites for hydroxylation is 1. The fourth-order valence-electron chi connectivity index (χ4n) is 1.51. The largest absolute Gasteiger partial charge is 0.338 e. The minimum Gasteiger partial charge on any atom is -0.338 e. The van der Waals surface area contributed by atoms with E-state index in [2.05, 4.69) is 22.3 Å². The first kappa shape index (κ1) is 13.8. The molecule has 0 atom stereocenters. The summed E-state index contributed by atoms with van der Waals surface area (Å²) >= 11 is 0. The van der Waals surface area contributed by atoms with Crippen molar-refractivity contribution < 1.29 is 13.7 Å². The Hall–Kier alpha value is -2.65. The number of nitrogens with two attached hydrogens (primary N) is 1. The van der Waals surface area contributed by atoms with Crippen molar-refractivity contribution in [3.63, 3.8) is 0 Å². The van der Waals surface area contributed by atoms with E-state index in [0.29, 0.717) is 5.69 Å². The molecule has 0 aliphatic rings. The number of benzene rings is 1. The van der Waals surface area contributed by atoms with Crippen LogP contribution in [0.4, 0.5) is 10.3 Å². The third-order valence-corrected chi connectivity index (χ3v) is 2.42. The van der Waals surface area contributed by atoms with Gasteiger partial charge in [-0.2, -0.15) is 0 Å². The second-order valence-corrected chi connectivity index (χ2v) is 3.99. The van der Waals surface area contributed by atoms with Gasteiger partial charge in [-0.15, -0.1) is 0 Å². The molecule has 0 bridgehead atoms. The number of hydrogen-bond donors (Lipinski definition) is 2. The van der Waals surface area contributed by atoms with Gasteiger partial charge in [-0.3, -0.25) is 10.1 Å². The molecule has 102 valence electrons. The van der Waals surface area contributed by atoms with Gasteiger partial charge in [0.2, 0.25) is 5.88 Å². The predicted octanol–water partition coefficient (Wildman–Crippen LogP) is 1.68. The predicted molar refractivity (Wildman–Crippen MR) is 71.5 cm³/mol. The maximum atomic E-state index is 13.7. The highest BCUT2D eigenvalue weighted by atomic mass is 19.1. The van der Waals surface area contributed by atoms with Crippen LogP contribution in [0.15, 0.2) is 28.8 Å². The molecule has 0 spiro atoms. The summed E-state index contributed by atoms with van der Waals surface area (Å²) < 4.78 is 18.6. The molecule has 20 heavy (non-hydrogen) atoms. The van der Waals surface area contributed by atoms with E-state index in [1.807, 2.05) is 0 Å². The molecule has 2 rings (SSSR count). The Bertz CT molecular complexity index is 698. The smallest absolute Gasteiger partial charge is 0.258 e. The normalized spacial score (nSPS) is 9.75. The maximum absolute atomic E-state index is 13.7. The van der Waals surface area contributed by atoms with E-state index in [-0.39, 0.29) is 23.6 Å². The Kier molecular flexibility index (Phi) is 4.13. The SMILES string of the molecule is Cc1cc(NC(=O)c2ccc(C#CCN)c(F)c2)on1. The lowest BCUT2D eigenvalue weighted by Crippen LogP contribution is -2.11. The van der Waals surface area contributed by atoms with Crippen LogP contribution in [0.1, 0.15) is 21.6 Å². The Morgan fingerprint density at radius 1 is 1.50 bits per heavy atom. The van der Waals surface area contributed by atoms with Gasteiger partial charge in [0.05, 0.1) is 17.8 Å². The Morgan fingerprint density at radius 2 is 2.30 bits per heavy atom. The first-order chi connectivity index (χ1) is 9.60. The van der Waals surface area contributed by atoms with E-state index in [1.165, 1.54) is 12.1 Å². The van der Waals surface area contributed by atoms with Crippen molar-refractivity contribution >= 4 is 11.8 Å². The molecule has 0 fully saturated rings. The molecule has 1 amide bonds. The molecule has 5 nitrogen and oxygen atoms in total. The molecule has 3 N–H and O–H groups in total. The Balaban J connectivity index is 2.16. The van der Waals surface area contributed by atoms with E-state index in [9.17, 15) is 9.18 Å². The van der Waals surface area contributed by atoms with E-state index < -0.39 is 11.7 Å². The molecule has 0 saturated heterocycles. The highest BCUT2D eigenvalue weighted by Gasteiger charge is 2.11. The lowest BCUT2D eigenvalue weighted by molar-refractivity contribution is 0.102. The van der Waals surface area contributed by atoms with Crippen molar-refractivity contribution in [3.05, 3.63) is 46.9 Å². The Morgan fingerprint density at radius 3 is 2.90 bits per heavy atom. The van der Waals surface area contributed by atoms with E-state index in [4.69, 9.17) is 10.3 Å². The molecule has 0 saturated carbocycles. The van der Waals surface area contributed by atoms with Gasteiger partial charge in [-0.1, -0.05) is 17.0 Å². The van der Waals surface area contributed by atoms with Crippen molar-refractivity contribution in [1.82, 2.24) is 5.16 Å². The second-order valence-electron chi connectivity index (χ2n) is 3.99. The van der Waals surface area contributed by atoms with Crippen LogP contribution in [-0.4, -0.2) is 17.6 Å². The molecule has 2 aromatic rings. The number of rotatable bonds is 2. The second kappa shape index (κ2) is 5.99. The van der Waals surface area contributed by atoms with Crippen molar-refractivity contribution in [2.45, 2.75) is 6.92 Å². The summed E-state index contributed by atoms with van der Waals surface area (Å²) in [6.07, 6.45) is 0. The summed E-state index contributed by atoms with van der Waals surface area (Å²) in [6, 6.07) is 5.58. The average Bonchev–Trinajstić information content (AvgIpc) is 2.82. The fourth-order valence-corrected chi connectivity index (χ4v) is 1.51. The van der Waals surface area contributed by atoms with Crippen molar-refractivity contribution in [2.24, 2.45) is 5.73 Å². The summed E-state index contributed by atoms with van der Waals surface area (Å²) in [5.41, 5.74) is 6.21. The van der Waals surface area contributed by atoms with Crippen LogP contribution >= 0.6 is 0 Å². The number of nitrogens with zero attached hydrogens (tertiary/aromatic N) is 1. The molecule has 6 heteroatoms. The summed E-state index contributed by atoms with van der Waals surface area (Å²) in [5.74, 6) is 4.28. The molecule has 1 aromatic heterocycles. The van der Waals surface area contributed by atoms with Crippen LogP contribution in [0.5, 0.6) is 0 Å². The lowest BCUT2D eigenvalue weighted by Gasteiger charge is -2.02. The van der Waals surface area contributed by atoms with Crippen molar-refractivity contribution in [3.8, 4) is 11.8 Å². The van der Waals surface area contributed by atoms with Crippen molar-refractivity contribution in [1.29, 1.82) is 0 Å². The Labute approximate surface area is 114 Å². The topological polar surface area (TPSA) is 81.2 Å². The molecule has 1 aromatic carbocycles. The molecule has 0 aliphatic heterocycles. The third kappa shape index (κ3) is 3.22. The zero-order chi connectivity index (χ0) is 14.5. The highest BCUT2D eigenvalue weighted by Crippen LogP contribution is 2.13. The van der Waals surface area contributed by atoms with E-state index in [0.717, 1.165) is 6.07 Å². The number of hydrogen-bond acceptors (Lipinski definition) is 4. The minimum absolute atomic E-state index is 0.145. The molecule has 1 heterocycles. The van der Waals surface area contributed by atoms with Crippen LogP contribution in [-0.2, 0) is 0 Å². The van der Waals surface area contributed by atoms with Gasteiger partial charge in [0.1, 0.15) is 5.82 Å². The van der Waals surface area contributed by atoms with Crippen molar-refractivity contribution in [2.75, 3.05) is 11.9 Å². The monoisotopic (exact) mass is 273 g/mol. The summed E-state index contributed by atoms with van der Waals surface area (Å²) in [6.45, 7) is 1.87. The summed E-state index contributed by atoms with van der Waals surface area (Å²) in [4.78, 5) is 11.9. The summed E-state index contributed by atoms with van der Waals surface area (Å²) in [5, 5.41) is 6.11. The number of aromatic nitrogens is 1. The zero-order valence-electron chi connectivity index (χ0n) is 10.7. The minimum atomic E-state index is -0.577. The van der Waals surface area contributed by atoms with Crippen LogP contribution < -0.4 is 11.1 Å². The zero-order valence-corrected chi connectivity index (χ0v) is 10.7. The van der Waals surface area contributed by atoms with Crippen LogP contribution in [0.3, 0.4) is 0 Å². The number of anilines is 1. The number of halogens is 1. The molecule has 0 radical (unpaired) electrons. The molecule has 0 unspecified atom stereocenters. The van der Waals surface area contributed by atoms with E-state index in [1.54, 1.807) is 13.0 Å². The van der Waals surface area contributed by atoms with Gasteiger partial charge in [0.15, 0.2) is 0 Å². The van der Waals surface area contributed by atoms with Gasteiger partial charge < -0.3 is 10.3 Å². The lowest BCUT2D eigenvalue weighted by atomic mass is 10.1. The molecule has 0 aliphatic carbocycles. The standard InChI is InChI=1S/C14H12FN3O2/c1-9-7-13(20-18-9)17-14(19)11-5-4-10(3-2-6-16)12(15)8-11/h4-5,7-8H,6,16H2,1H3,(H,17,19). The van der Waals surface area contributed by atoms with Gasteiger partial charge in [-0.05, 0) is 25.1 Å². The number of nitrogens with one attached hydrogen (secondary N) is 1. The molecular weight excluding hydrogens is 261 g/mol. The fraction of sp³-hybridized carbons (Fsp3) is 0.143. The number of carbonyl (C=O) groups excluding carboxylic acids is 1. The highest BCUT2D eigenvalue weighted by molar-refractivity contribution is 6.03. The first-order valence-corrected chi connectivity index (χ1v) is 5.83. The van der Waals surface area contributed by atoms with Gasteiger partial charge in [0.25, 0.3) is 5.91 Å². The van der Waals surface area contributed by atoms with Crippen LogP contribution in [0, 0.1) is 24.6 Å². The van der Waals surface area contributed by atoms with Gasteiger partial charge >= 0.3 is 0 Å². The van der Waals surface area contributed by atoms with Crippen LogP contribution in [0.2, 0.25) is 0 Å². The average molecular weight is 273 g/mol. The van der Waals surface area contributed by atoms with Crippen LogP contribution in [0.25, 0.3) is 0 Å². The third-order valence-electron chi connectivity index (χ3n) is 2.42. The first-order valence-electron chi connectivity index (χ1n) is 5.83. The summed E-state index contributed by atoms with van der Waals surface area (Å²) in [7, 11) is 0. The quantitative estimate of drug-likeness (QED) is 0.816. The maximum Gasteiger partial charge on any atom is 0.258 e. The number of amides is 1. The number of carbonyl (C=O) groups is 1. The van der Waals surface area contributed by atoms with Gasteiger partial charge in [-0.25, -0.2) is 4.39 Å². The van der Waals surface area contributed by atoms with E-state index >= 15 is 0 Å². The van der Waals surface area contributed by atoms with Gasteiger partial charge in [0, 0.05) is 11.6 Å². The molecular formula is C14H12FN3O2.